The molecule has 0 unspecified atom stereocenters. The van der Waals surface area contributed by atoms with E-state index in [1.807, 2.05) is 55.5 Å². The van der Waals surface area contributed by atoms with Crippen LogP contribution in [0.2, 0.25) is 0 Å². The second-order valence-electron chi connectivity index (χ2n) is 7.91. The third-order valence-electron chi connectivity index (χ3n) is 5.36. The molecule has 2 aromatic carbocycles. The molecule has 0 radical (unpaired) electrons. The zero-order valence-electron chi connectivity index (χ0n) is 17.9. The zero-order chi connectivity index (χ0) is 22.6. The van der Waals surface area contributed by atoms with Crippen molar-refractivity contribution < 1.29 is 17.9 Å². The van der Waals surface area contributed by atoms with Crippen LogP contribution >= 0.6 is 11.8 Å². The molecule has 2 atom stereocenters. The first kappa shape index (κ1) is 22.7. The van der Waals surface area contributed by atoms with Crippen LogP contribution in [0.4, 0.5) is 5.69 Å². The lowest BCUT2D eigenvalue weighted by Gasteiger charge is -2.09. The number of sulfone groups is 1. The topological polar surface area (TPSA) is 96.9 Å². The monoisotopic (exact) mass is 473 g/mol. The maximum Gasteiger partial charge on any atom is 0.224 e. The highest BCUT2D eigenvalue weighted by Crippen LogP contribution is 2.34. The molecular weight excluding hydrogens is 446 g/mol. The smallest absolute Gasteiger partial charge is 0.224 e. The van der Waals surface area contributed by atoms with E-state index in [9.17, 15) is 13.2 Å². The van der Waals surface area contributed by atoms with Gasteiger partial charge in [0, 0.05) is 17.5 Å². The summed E-state index contributed by atoms with van der Waals surface area (Å²) in [7, 11) is -2.94. The van der Waals surface area contributed by atoms with Crippen molar-refractivity contribution in [3.05, 3.63) is 59.7 Å². The zero-order valence-corrected chi connectivity index (χ0v) is 19.5. The second-order valence-corrected chi connectivity index (χ2v) is 11.3. The summed E-state index contributed by atoms with van der Waals surface area (Å²) in [5.41, 5.74) is 2.95. The summed E-state index contributed by atoms with van der Waals surface area (Å²) in [4.78, 5) is 16.8. The van der Waals surface area contributed by atoms with Crippen LogP contribution in [-0.2, 0) is 27.5 Å². The number of hydrogen-bond donors (Lipinski definition) is 2. The molecule has 7 nitrogen and oxygen atoms in total. The molecule has 2 aromatic rings. The fraction of sp³-hybridized carbons (Fsp3) is 0.391. The van der Waals surface area contributed by atoms with Gasteiger partial charge in [0.25, 0.3) is 0 Å². The van der Waals surface area contributed by atoms with Gasteiger partial charge < -0.3 is 15.4 Å². The molecule has 2 heterocycles. The summed E-state index contributed by atoms with van der Waals surface area (Å²) in [5, 5.41) is 7.00. The molecule has 0 saturated carbocycles. The van der Waals surface area contributed by atoms with Crippen molar-refractivity contribution in [2.75, 3.05) is 30.0 Å². The van der Waals surface area contributed by atoms with E-state index in [4.69, 9.17) is 4.74 Å². The number of carbonyl (C=O) groups is 1. The molecule has 2 aliphatic rings. The van der Waals surface area contributed by atoms with E-state index in [-0.39, 0.29) is 28.7 Å². The predicted octanol–water partition coefficient (Wildman–Crippen LogP) is 2.67. The number of aliphatic imine (C=N–C) groups is 1. The van der Waals surface area contributed by atoms with Crippen molar-refractivity contribution in [2.24, 2.45) is 4.99 Å². The summed E-state index contributed by atoms with van der Waals surface area (Å²) in [6.07, 6.45) is 1.09. The van der Waals surface area contributed by atoms with Crippen LogP contribution in [-0.4, -0.2) is 55.4 Å². The average Bonchev–Trinajstić information content (AvgIpc) is 3.23. The minimum atomic E-state index is -2.94. The highest BCUT2D eigenvalue weighted by atomic mass is 32.2. The molecular formula is C23H27N3O4S2. The SMILES string of the molecule is CCOc1ccc(CCNC(=O)Cc2ccc(NC3=N[C@@H]4CS(=O)(=O)C[C@H]4S3)cc2)cc1. The van der Waals surface area contributed by atoms with Crippen LogP contribution < -0.4 is 15.4 Å². The molecule has 1 fully saturated rings. The molecule has 170 valence electrons. The normalized spacial score (nSPS) is 21.0. The Bertz CT molecular complexity index is 1080. The van der Waals surface area contributed by atoms with E-state index in [2.05, 4.69) is 15.6 Å². The molecule has 2 N–H and O–H groups in total. The van der Waals surface area contributed by atoms with E-state index in [0.29, 0.717) is 19.6 Å². The lowest BCUT2D eigenvalue weighted by molar-refractivity contribution is -0.120. The van der Waals surface area contributed by atoms with Crippen LogP contribution in [0.15, 0.2) is 53.5 Å². The Morgan fingerprint density at radius 1 is 1.09 bits per heavy atom. The van der Waals surface area contributed by atoms with E-state index in [1.165, 1.54) is 11.8 Å². The van der Waals surface area contributed by atoms with Crippen LogP contribution in [0.3, 0.4) is 0 Å². The van der Waals surface area contributed by atoms with Crippen molar-refractivity contribution in [2.45, 2.75) is 31.1 Å². The Kier molecular flexibility index (Phi) is 7.05. The van der Waals surface area contributed by atoms with E-state index < -0.39 is 9.84 Å². The van der Waals surface area contributed by atoms with Crippen molar-refractivity contribution in [3.63, 3.8) is 0 Å². The average molecular weight is 474 g/mol. The van der Waals surface area contributed by atoms with E-state index in [0.717, 1.165) is 34.2 Å². The van der Waals surface area contributed by atoms with Gasteiger partial charge in [0.15, 0.2) is 15.0 Å². The summed E-state index contributed by atoms with van der Waals surface area (Å²) < 4.78 is 28.8. The van der Waals surface area contributed by atoms with Gasteiger partial charge in [-0.2, -0.15) is 0 Å². The van der Waals surface area contributed by atoms with Crippen LogP contribution in [0.5, 0.6) is 5.75 Å². The maximum absolute atomic E-state index is 12.3. The molecule has 32 heavy (non-hydrogen) atoms. The number of hydrogen-bond acceptors (Lipinski definition) is 7. The van der Waals surface area contributed by atoms with Gasteiger partial charge in [0.1, 0.15) is 5.75 Å². The number of ether oxygens (including phenoxy) is 1. The molecule has 4 rings (SSSR count). The number of rotatable bonds is 8. The number of anilines is 1. The molecule has 0 spiro atoms. The number of nitrogens with zero attached hydrogens (tertiary/aromatic N) is 1. The number of amides is 1. The first-order valence-corrected chi connectivity index (χ1v) is 13.4. The fourth-order valence-corrected chi connectivity index (χ4v) is 7.43. The highest BCUT2D eigenvalue weighted by molar-refractivity contribution is 8.15. The molecule has 0 bridgehead atoms. The number of nitrogens with one attached hydrogen (secondary N) is 2. The van der Waals surface area contributed by atoms with Crippen LogP contribution in [0.25, 0.3) is 0 Å². The van der Waals surface area contributed by atoms with Gasteiger partial charge in [0.05, 0.1) is 30.6 Å². The van der Waals surface area contributed by atoms with Crippen molar-refractivity contribution >= 4 is 38.4 Å². The maximum atomic E-state index is 12.3. The molecule has 1 saturated heterocycles. The van der Waals surface area contributed by atoms with Gasteiger partial charge in [-0.05, 0) is 48.7 Å². The summed E-state index contributed by atoms with van der Waals surface area (Å²) in [6, 6.07) is 15.4. The summed E-state index contributed by atoms with van der Waals surface area (Å²) in [6.45, 7) is 3.19. The Balaban J connectivity index is 1.20. The van der Waals surface area contributed by atoms with Crippen molar-refractivity contribution in [3.8, 4) is 5.75 Å². The predicted molar refractivity (Wildman–Crippen MR) is 129 cm³/mol. The third-order valence-corrected chi connectivity index (χ3v) is 8.50. The Morgan fingerprint density at radius 2 is 1.81 bits per heavy atom. The van der Waals surface area contributed by atoms with Crippen molar-refractivity contribution in [1.29, 1.82) is 0 Å². The van der Waals surface area contributed by atoms with Crippen LogP contribution in [0.1, 0.15) is 18.1 Å². The molecule has 1 amide bonds. The van der Waals surface area contributed by atoms with Crippen LogP contribution in [0, 0.1) is 0 Å². The van der Waals surface area contributed by atoms with Gasteiger partial charge in [-0.15, -0.1) is 0 Å². The lowest BCUT2D eigenvalue weighted by Crippen LogP contribution is -2.27. The first-order valence-electron chi connectivity index (χ1n) is 10.7. The van der Waals surface area contributed by atoms with Gasteiger partial charge in [0.2, 0.25) is 5.91 Å². The highest BCUT2D eigenvalue weighted by Gasteiger charge is 2.42. The first-order chi connectivity index (χ1) is 15.4. The van der Waals surface area contributed by atoms with Gasteiger partial charge in [-0.3, -0.25) is 9.79 Å². The minimum Gasteiger partial charge on any atom is -0.494 e. The third kappa shape index (κ3) is 6.04. The van der Waals surface area contributed by atoms with Gasteiger partial charge >= 0.3 is 0 Å². The van der Waals surface area contributed by atoms with E-state index in [1.54, 1.807) is 0 Å². The number of fused-ring (bicyclic) bond motifs is 1. The number of thioether (sulfide) groups is 1. The van der Waals surface area contributed by atoms with Crippen molar-refractivity contribution in [1.82, 2.24) is 5.32 Å². The Morgan fingerprint density at radius 3 is 2.50 bits per heavy atom. The Labute approximate surface area is 193 Å². The summed E-state index contributed by atoms with van der Waals surface area (Å²) >= 11 is 1.49. The standard InChI is InChI=1S/C23H27N3O4S2/c1-2-30-19-9-5-16(6-10-19)11-12-24-22(27)13-17-3-7-18(8-4-17)25-23-26-20-14-32(28,29)15-21(20)31-23/h3-10,20-21H,2,11-15H2,1H3,(H,24,27)(H,25,26)/t20-,21-/m1/s1. The largest absolute Gasteiger partial charge is 0.494 e. The molecule has 9 heteroatoms. The molecule has 0 aliphatic carbocycles. The fourth-order valence-electron chi connectivity index (χ4n) is 3.76. The Hall–Kier alpha value is -2.52. The quantitative estimate of drug-likeness (QED) is 0.612. The second kappa shape index (κ2) is 9.95. The summed E-state index contributed by atoms with van der Waals surface area (Å²) in [5.74, 6) is 1.18. The van der Waals surface area contributed by atoms with E-state index >= 15 is 0 Å². The minimum absolute atomic E-state index is 0.0126. The van der Waals surface area contributed by atoms with Gasteiger partial charge in [-0.1, -0.05) is 36.0 Å². The molecule has 2 aliphatic heterocycles. The number of benzene rings is 2. The molecule has 0 aromatic heterocycles. The number of carbonyl (C=O) groups excluding carboxylic acids is 1. The number of amidine groups is 1. The van der Waals surface area contributed by atoms with Gasteiger partial charge in [-0.25, -0.2) is 8.42 Å². The lowest BCUT2D eigenvalue weighted by atomic mass is 10.1.